The van der Waals surface area contributed by atoms with Gasteiger partial charge >= 0.3 is 5.97 Å². The minimum absolute atomic E-state index is 0.386. The second kappa shape index (κ2) is 5.31. The number of ether oxygens (including phenoxy) is 1. The number of allylic oxidation sites excluding steroid dienone is 1. The first kappa shape index (κ1) is 11.5. The van der Waals surface area contributed by atoms with Crippen LogP contribution in [0.1, 0.15) is 5.69 Å². The van der Waals surface area contributed by atoms with E-state index in [1.807, 2.05) is 10.8 Å². The van der Waals surface area contributed by atoms with Gasteiger partial charge in [0.1, 0.15) is 6.04 Å². The Labute approximate surface area is 88.6 Å². The first-order valence-electron chi connectivity index (χ1n) is 4.62. The lowest BCUT2D eigenvalue weighted by atomic mass is 10.2. The van der Waals surface area contributed by atoms with Gasteiger partial charge in [0.2, 0.25) is 0 Å². The van der Waals surface area contributed by atoms with E-state index in [0.717, 1.165) is 5.69 Å². The maximum absolute atomic E-state index is 11.1. The van der Waals surface area contributed by atoms with Gasteiger partial charge in [0.05, 0.1) is 19.1 Å². The van der Waals surface area contributed by atoms with Crippen molar-refractivity contribution >= 4 is 5.97 Å². The average Bonchev–Trinajstić information content (AvgIpc) is 2.65. The third kappa shape index (κ3) is 3.21. The van der Waals surface area contributed by atoms with Crippen molar-refractivity contribution in [2.75, 3.05) is 7.11 Å². The molecule has 0 saturated carbocycles. The number of hydrogen-bond acceptors (Lipinski definition) is 4. The lowest BCUT2D eigenvalue weighted by Gasteiger charge is -2.06. The second-order valence-corrected chi connectivity index (χ2v) is 3.18. The van der Waals surface area contributed by atoms with Gasteiger partial charge in [-0.1, -0.05) is 6.08 Å². The maximum Gasteiger partial charge on any atom is 0.323 e. The second-order valence-electron chi connectivity index (χ2n) is 3.18. The molecule has 5 heteroatoms. The number of hydrogen-bond donors (Lipinski definition) is 1. The first-order chi connectivity index (χ1) is 7.17. The van der Waals surface area contributed by atoms with Crippen molar-refractivity contribution < 1.29 is 9.53 Å². The van der Waals surface area contributed by atoms with Crippen molar-refractivity contribution in [3.8, 4) is 0 Å². The lowest BCUT2D eigenvalue weighted by Crippen LogP contribution is -2.33. The van der Waals surface area contributed by atoms with Gasteiger partial charge in [0, 0.05) is 19.2 Å². The van der Waals surface area contributed by atoms with E-state index in [0.29, 0.717) is 13.0 Å². The first-order valence-corrected chi connectivity index (χ1v) is 4.62. The van der Waals surface area contributed by atoms with Gasteiger partial charge in [-0.05, 0) is 0 Å². The predicted octanol–water partition coefficient (Wildman–Crippen LogP) is 0.112. The maximum atomic E-state index is 11.1. The highest BCUT2D eigenvalue weighted by Gasteiger charge is 2.15. The molecule has 1 rings (SSSR count). The fourth-order valence-corrected chi connectivity index (χ4v) is 1.22. The van der Waals surface area contributed by atoms with Crippen molar-refractivity contribution in [3.63, 3.8) is 0 Å². The molecule has 0 saturated heterocycles. The highest BCUT2D eigenvalue weighted by atomic mass is 16.5. The molecule has 0 aromatic carbocycles. The normalized spacial score (nSPS) is 12.1. The summed E-state index contributed by atoms with van der Waals surface area (Å²) in [6.45, 7) is 4.32. The molecule has 0 bridgehead atoms. The molecule has 2 N–H and O–H groups in total. The van der Waals surface area contributed by atoms with Crippen LogP contribution < -0.4 is 5.73 Å². The predicted molar refractivity (Wildman–Crippen MR) is 56.1 cm³/mol. The Kier molecular flexibility index (Phi) is 4.05. The molecule has 1 atom stereocenters. The molecule has 0 aliphatic rings. The summed E-state index contributed by atoms with van der Waals surface area (Å²) in [7, 11) is 1.32. The van der Waals surface area contributed by atoms with Crippen LogP contribution >= 0.6 is 0 Å². The van der Waals surface area contributed by atoms with E-state index in [-0.39, 0.29) is 0 Å². The number of nitrogens with zero attached hydrogens (tertiary/aromatic N) is 2. The van der Waals surface area contributed by atoms with E-state index in [2.05, 4.69) is 16.3 Å². The van der Waals surface area contributed by atoms with E-state index in [1.165, 1.54) is 7.11 Å². The number of rotatable bonds is 5. The van der Waals surface area contributed by atoms with E-state index >= 15 is 0 Å². The molecule has 5 nitrogen and oxygen atoms in total. The Morgan fingerprint density at radius 2 is 2.60 bits per heavy atom. The number of methoxy groups -OCH3 is 1. The van der Waals surface area contributed by atoms with Crippen molar-refractivity contribution in [1.29, 1.82) is 0 Å². The number of nitrogens with two attached hydrogens (primary N) is 1. The molecule has 0 aliphatic carbocycles. The molecule has 15 heavy (non-hydrogen) atoms. The Balaban J connectivity index is 2.56. The van der Waals surface area contributed by atoms with Crippen molar-refractivity contribution in [1.82, 2.24) is 9.55 Å². The monoisotopic (exact) mass is 209 g/mol. The molecule has 0 amide bonds. The van der Waals surface area contributed by atoms with Gasteiger partial charge in [-0.25, -0.2) is 4.98 Å². The van der Waals surface area contributed by atoms with Crippen LogP contribution in [0.2, 0.25) is 0 Å². The zero-order chi connectivity index (χ0) is 11.3. The molecule has 1 heterocycles. The quantitative estimate of drug-likeness (QED) is 0.552. The molecule has 0 unspecified atom stereocenters. The van der Waals surface area contributed by atoms with Crippen LogP contribution in [0, 0.1) is 0 Å². The fourth-order valence-electron chi connectivity index (χ4n) is 1.22. The van der Waals surface area contributed by atoms with Crippen molar-refractivity contribution in [3.05, 3.63) is 30.9 Å². The number of carbonyl (C=O) groups is 1. The molecule has 0 radical (unpaired) electrons. The van der Waals surface area contributed by atoms with Crippen LogP contribution in [-0.2, 0) is 22.5 Å². The van der Waals surface area contributed by atoms with Crippen molar-refractivity contribution in [2.24, 2.45) is 5.73 Å². The summed E-state index contributed by atoms with van der Waals surface area (Å²) in [6, 6.07) is -0.651. The summed E-state index contributed by atoms with van der Waals surface area (Å²) >= 11 is 0. The highest BCUT2D eigenvalue weighted by Crippen LogP contribution is 2.01. The molecule has 0 fully saturated rings. The summed E-state index contributed by atoms with van der Waals surface area (Å²) in [5.74, 6) is -0.423. The van der Waals surface area contributed by atoms with E-state index in [1.54, 1.807) is 12.4 Å². The summed E-state index contributed by atoms with van der Waals surface area (Å²) in [4.78, 5) is 15.2. The molecular formula is C10H15N3O2. The lowest BCUT2D eigenvalue weighted by molar-refractivity contribution is -0.142. The van der Waals surface area contributed by atoms with Crippen LogP contribution in [0.25, 0.3) is 0 Å². The van der Waals surface area contributed by atoms with Crippen molar-refractivity contribution in [2.45, 2.75) is 19.0 Å². The van der Waals surface area contributed by atoms with Crippen LogP contribution in [0.4, 0.5) is 0 Å². The van der Waals surface area contributed by atoms with E-state index < -0.39 is 12.0 Å². The highest BCUT2D eigenvalue weighted by molar-refractivity contribution is 5.75. The van der Waals surface area contributed by atoms with Crippen LogP contribution in [-0.4, -0.2) is 28.7 Å². The molecular weight excluding hydrogens is 194 g/mol. The van der Waals surface area contributed by atoms with Gasteiger partial charge in [-0.15, -0.1) is 6.58 Å². The summed E-state index contributed by atoms with van der Waals surface area (Å²) in [5.41, 5.74) is 6.37. The van der Waals surface area contributed by atoms with E-state index in [9.17, 15) is 4.79 Å². The Morgan fingerprint density at radius 1 is 1.87 bits per heavy atom. The SMILES string of the molecule is C=CCn1cnc(C[C@H](N)C(=O)OC)c1. The van der Waals surface area contributed by atoms with Gasteiger partial charge in [0.15, 0.2) is 0 Å². The average molecular weight is 209 g/mol. The number of imidazole rings is 1. The van der Waals surface area contributed by atoms with Gasteiger partial charge < -0.3 is 15.0 Å². The molecule has 0 spiro atoms. The zero-order valence-corrected chi connectivity index (χ0v) is 8.72. The molecule has 1 aromatic heterocycles. The smallest absolute Gasteiger partial charge is 0.323 e. The Hall–Kier alpha value is -1.62. The van der Waals surface area contributed by atoms with E-state index in [4.69, 9.17) is 5.73 Å². The van der Waals surface area contributed by atoms with Gasteiger partial charge in [-0.3, -0.25) is 4.79 Å². The van der Waals surface area contributed by atoms with Crippen LogP contribution in [0.5, 0.6) is 0 Å². The number of esters is 1. The zero-order valence-electron chi connectivity index (χ0n) is 8.72. The minimum atomic E-state index is -0.651. The largest absolute Gasteiger partial charge is 0.468 e. The standard InChI is InChI=1S/C10H15N3O2/c1-3-4-13-6-8(12-7-13)5-9(11)10(14)15-2/h3,6-7,9H,1,4-5,11H2,2H3/t9-/m0/s1. The third-order valence-corrected chi connectivity index (χ3v) is 1.96. The molecule has 0 aliphatic heterocycles. The topological polar surface area (TPSA) is 70.1 Å². The Bertz CT molecular complexity index is 346. The molecule has 82 valence electrons. The van der Waals surface area contributed by atoms with Crippen LogP contribution in [0.3, 0.4) is 0 Å². The summed E-state index contributed by atoms with van der Waals surface area (Å²) in [6.07, 6.45) is 5.67. The summed E-state index contributed by atoms with van der Waals surface area (Å²) < 4.78 is 6.39. The number of aromatic nitrogens is 2. The fraction of sp³-hybridized carbons (Fsp3) is 0.400. The van der Waals surface area contributed by atoms with Gasteiger partial charge in [-0.2, -0.15) is 0 Å². The Morgan fingerprint density at radius 3 is 3.20 bits per heavy atom. The third-order valence-electron chi connectivity index (χ3n) is 1.96. The summed E-state index contributed by atoms with van der Waals surface area (Å²) in [5, 5.41) is 0. The van der Waals surface area contributed by atoms with Gasteiger partial charge in [0.25, 0.3) is 0 Å². The molecule has 1 aromatic rings. The minimum Gasteiger partial charge on any atom is -0.468 e. The van der Waals surface area contributed by atoms with Crippen LogP contribution in [0.15, 0.2) is 25.2 Å². The number of carbonyl (C=O) groups excluding carboxylic acids is 1.